The van der Waals surface area contributed by atoms with Gasteiger partial charge >= 0.3 is 0 Å². The van der Waals surface area contributed by atoms with Crippen molar-refractivity contribution in [2.45, 2.75) is 33.1 Å². The molecule has 0 aromatic carbocycles. The molecule has 0 fully saturated rings. The highest BCUT2D eigenvalue weighted by Gasteiger charge is 2.19. The Labute approximate surface area is 127 Å². The van der Waals surface area contributed by atoms with Gasteiger partial charge < -0.3 is 15.5 Å². The van der Waals surface area contributed by atoms with Crippen molar-refractivity contribution in [1.82, 2.24) is 15.1 Å². The van der Waals surface area contributed by atoms with Crippen molar-refractivity contribution >= 4 is 11.7 Å². The van der Waals surface area contributed by atoms with Gasteiger partial charge in [-0.1, -0.05) is 13.8 Å². The first-order chi connectivity index (χ1) is 9.92. The molecule has 0 aliphatic rings. The number of amidine groups is 1. The zero-order valence-corrected chi connectivity index (χ0v) is 13.9. The van der Waals surface area contributed by atoms with Crippen LogP contribution in [0, 0.1) is 5.41 Å². The second kappa shape index (κ2) is 7.93. The molecule has 1 aromatic heterocycles. The van der Waals surface area contributed by atoms with Crippen LogP contribution in [-0.2, 0) is 12.8 Å². The molecular formula is C15H28N6. The summed E-state index contributed by atoms with van der Waals surface area (Å²) in [6.45, 7) is 5.99. The molecule has 0 bridgehead atoms. The summed E-state index contributed by atoms with van der Waals surface area (Å²) < 4.78 is 0. The molecule has 1 heterocycles. The second-order valence-corrected chi connectivity index (χ2v) is 5.52. The number of nitrogens with zero attached hydrogens (tertiary/aromatic N) is 4. The third-order valence-corrected chi connectivity index (χ3v) is 3.56. The van der Waals surface area contributed by atoms with Crippen LogP contribution < -0.4 is 10.6 Å². The van der Waals surface area contributed by atoms with Crippen LogP contribution in [0.1, 0.15) is 37.1 Å². The van der Waals surface area contributed by atoms with E-state index in [0.29, 0.717) is 0 Å². The monoisotopic (exact) mass is 292 g/mol. The summed E-state index contributed by atoms with van der Waals surface area (Å²) in [6, 6.07) is 0. The van der Waals surface area contributed by atoms with Crippen molar-refractivity contribution in [3.63, 3.8) is 0 Å². The Morgan fingerprint density at radius 3 is 2.24 bits per heavy atom. The predicted octanol–water partition coefficient (Wildman–Crippen LogP) is 1.27. The zero-order chi connectivity index (χ0) is 16.0. The summed E-state index contributed by atoms with van der Waals surface area (Å²) in [5, 5.41) is 16.5. The molecule has 6 heteroatoms. The fourth-order valence-electron chi connectivity index (χ4n) is 2.44. The Bertz CT molecular complexity index is 483. The summed E-state index contributed by atoms with van der Waals surface area (Å²) >= 11 is 0. The lowest BCUT2D eigenvalue weighted by Gasteiger charge is -2.23. The van der Waals surface area contributed by atoms with E-state index in [1.54, 1.807) is 0 Å². The summed E-state index contributed by atoms with van der Waals surface area (Å²) in [7, 11) is 6.11. The number of aryl methyl sites for hydroxylation is 1. The van der Waals surface area contributed by atoms with Crippen molar-refractivity contribution < 1.29 is 0 Å². The maximum Gasteiger partial charge on any atom is 0.162 e. The van der Waals surface area contributed by atoms with E-state index < -0.39 is 0 Å². The molecule has 6 nitrogen and oxygen atoms in total. The van der Waals surface area contributed by atoms with Crippen LogP contribution in [0.4, 0.5) is 5.82 Å². The minimum absolute atomic E-state index is 0.0749. The Hall–Kier alpha value is -1.69. The highest BCUT2D eigenvalue weighted by molar-refractivity contribution is 6.01. The molecule has 0 aliphatic heterocycles. The van der Waals surface area contributed by atoms with Gasteiger partial charge in [0.1, 0.15) is 5.84 Å². The maximum atomic E-state index is 7.91. The molecule has 0 atom stereocenters. The van der Waals surface area contributed by atoms with Crippen LogP contribution in [0.3, 0.4) is 0 Å². The fourth-order valence-corrected chi connectivity index (χ4v) is 2.44. The number of hydrogen-bond donors (Lipinski definition) is 2. The lowest BCUT2D eigenvalue weighted by molar-refractivity contribution is 0.401. The quantitative estimate of drug-likeness (QED) is 0.557. The number of aromatic nitrogens is 2. The average molecular weight is 292 g/mol. The Morgan fingerprint density at radius 1 is 1.10 bits per heavy atom. The van der Waals surface area contributed by atoms with Crippen molar-refractivity contribution in [2.24, 2.45) is 5.73 Å². The van der Waals surface area contributed by atoms with E-state index in [2.05, 4.69) is 36.1 Å². The number of nitrogen functional groups attached to an aromatic ring is 1. The molecular weight excluding hydrogens is 264 g/mol. The first kappa shape index (κ1) is 17.4. The molecule has 118 valence electrons. The second-order valence-electron chi connectivity index (χ2n) is 5.52. The molecule has 0 spiro atoms. The van der Waals surface area contributed by atoms with Gasteiger partial charge in [-0.2, -0.15) is 5.10 Å². The molecule has 0 saturated heterocycles. The molecule has 1 rings (SSSR count). The first-order valence-corrected chi connectivity index (χ1v) is 7.50. The third kappa shape index (κ3) is 4.39. The molecule has 1 aromatic rings. The van der Waals surface area contributed by atoms with Gasteiger partial charge in [0.25, 0.3) is 0 Å². The van der Waals surface area contributed by atoms with E-state index in [4.69, 9.17) is 11.1 Å². The average Bonchev–Trinajstić information content (AvgIpc) is 2.44. The smallest absolute Gasteiger partial charge is 0.162 e. The minimum Gasteiger partial charge on any atom is -0.384 e. The Kier molecular flexibility index (Phi) is 6.55. The number of nitrogens with one attached hydrogen (secondary N) is 1. The van der Waals surface area contributed by atoms with Crippen LogP contribution in [0.2, 0.25) is 0 Å². The summed E-state index contributed by atoms with van der Waals surface area (Å²) in [4.78, 5) is 4.20. The normalized spacial score (nSPS) is 11.0. The van der Waals surface area contributed by atoms with Gasteiger partial charge in [-0.25, -0.2) is 0 Å². The van der Waals surface area contributed by atoms with E-state index >= 15 is 0 Å². The summed E-state index contributed by atoms with van der Waals surface area (Å²) in [5.74, 6) is 0.793. The molecule has 3 N–H and O–H groups in total. The fraction of sp³-hybridized carbons (Fsp3) is 0.667. The van der Waals surface area contributed by atoms with E-state index in [9.17, 15) is 0 Å². The van der Waals surface area contributed by atoms with Gasteiger partial charge in [0, 0.05) is 13.6 Å². The van der Waals surface area contributed by atoms with Crippen molar-refractivity contribution in [2.75, 3.05) is 39.1 Å². The minimum atomic E-state index is 0.0749. The first-order valence-electron chi connectivity index (χ1n) is 7.50. The van der Waals surface area contributed by atoms with E-state index in [1.165, 1.54) is 0 Å². The molecule has 0 aliphatic carbocycles. The van der Waals surface area contributed by atoms with E-state index in [0.717, 1.165) is 55.0 Å². The number of nitrogens with two attached hydrogens (primary N) is 1. The van der Waals surface area contributed by atoms with Gasteiger partial charge in [0.05, 0.1) is 11.3 Å². The van der Waals surface area contributed by atoms with Crippen molar-refractivity contribution in [1.29, 1.82) is 5.41 Å². The molecule has 21 heavy (non-hydrogen) atoms. The highest BCUT2D eigenvalue weighted by Crippen LogP contribution is 2.23. The Balaban J connectivity index is 3.08. The van der Waals surface area contributed by atoms with Gasteiger partial charge in [-0.05, 0) is 45.5 Å². The largest absolute Gasteiger partial charge is 0.384 e. The number of anilines is 1. The number of rotatable bonds is 8. The van der Waals surface area contributed by atoms with Crippen LogP contribution in [0.15, 0.2) is 0 Å². The van der Waals surface area contributed by atoms with Gasteiger partial charge in [0.15, 0.2) is 5.82 Å². The zero-order valence-electron chi connectivity index (χ0n) is 13.9. The topological polar surface area (TPSA) is 82.1 Å². The molecule has 0 amide bonds. The van der Waals surface area contributed by atoms with Gasteiger partial charge in [0.2, 0.25) is 0 Å². The van der Waals surface area contributed by atoms with Crippen LogP contribution in [-0.4, -0.2) is 55.2 Å². The van der Waals surface area contributed by atoms with Crippen LogP contribution in [0.25, 0.3) is 0 Å². The predicted molar refractivity (Wildman–Crippen MR) is 88.2 cm³/mol. The lowest BCUT2D eigenvalue weighted by atomic mass is 10.0. The van der Waals surface area contributed by atoms with Gasteiger partial charge in [-0.3, -0.25) is 5.41 Å². The molecule has 0 radical (unpaired) electrons. The Morgan fingerprint density at radius 2 is 1.76 bits per heavy atom. The lowest BCUT2D eigenvalue weighted by Crippen LogP contribution is -2.29. The third-order valence-electron chi connectivity index (χ3n) is 3.56. The molecule has 0 unspecified atom stereocenters. The van der Waals surface area contributed by atoms with Gasteiger partial charge in [-0.15, -0.1) is 5.10 Å². The van der Waals surface area contributed by atoms with Crippen molar-refractivity contribution in [3.8, 4) is 0 Å². The summed E-state index contributed by atoms with van der Waals surface area (Å²) in [6.07, 6.45) is 2.65. The van der Waals surface area contributed by atoms with Crippen LogP contribution in [0.5, 0.6) is 0 Å². The number of hydrogen-bond acceptors (Lipinski definition) is 5. The highest BCUT2D eigenvalue weighted by atomic mass is 15.3. The SMILES string of the molecule is CCc1nnc(N(C)CCCN(C)C)c(C(=N)N)c1CC. The van der Waals surface area contributed by atoms with Crippen LogP contribution >= 0.6 is 0 Å². The maximum absolute atomic E-state index is 7.91. The van der Waals surface area contributed by atoms with E-state index in [-0.39, 0.29) is 5.84 Å². The van der Waals surface area contributed by atoms with Crippen molar-refractivity contribution in [3.05, 3.63) is 16.8 Å². The summed E-state index contributed by atoms with van der Waals surface area (Å²) in [5.41, 5.74) is 8.55. The van der Waals surface area contributed by atoms with E-state index in [1.807, 2.05) is 18.9 Å². The molecule has 0 saturated carbocycles. The standard InChI is InChI=1S/C15H28N6/c1-6-11-12(7-2)18-19-15(13(11)14(16)17)21(5)10-8-9-20(3)4/h6-10H2,1-5H3,(H3,16,17).